The topological polar surface area (TPSA) is 51.5 Å². The number of anilines is 1. The van der Waals surface area contributed by atoms with Crippen molar-refractivity contribution in [2.75, 3.05) is 12.4 Å². The van der Waals surface area contributed by atoms with Crippen molar-refractivity contribution in [2.45, 2.75) is 0 Å². The minimum Gasteiger partial charge on any atom is -0.493 e. The van der Waals surface area contributed by atoms with E-state index in [2.05, 4.69) is 21.2 Å². The first-order valence-corrected chi connectivity index (χ1v) is 7.11. The third-order valence-electron chi connectivity index (χ3n) is 3.07. The molecule has 1 amide bonds. The van der Waals surface area contributed by atoms with E-state index in [0.29, 0.717) is 17.0 Å². The second-order valence-corrected chi connectivity index (χ2v) is 5.28. The van der Waals surface area contributed by atoms with Gasteiger partial charge in [0.2, 0.25) is 0 Å². The normalized spacial score (nSPS) is 10.6. The van der Waals surface area contributed by atoms with Crippen molar-refractivity contribution in [1.82, 2.24) is 0 Å². The summed E-state index contributed by atoms with van der Waals surface area (Å²) in [7, 11) is 1.57. The summed E-state index contributed by atoms with van der Waals surface area (Å²) in [5, 5.41) is 3.63. The molecule has 0 aliphatic heterocycles. The molecule has 3 rings (SSSR count). The number of nitrogens with one attached hydrogen (secondary N) is 1. The first kappa shape index (κ1) is 13.7. The molecule has 5 heteroatoms. The van der Waals surface area contributed by atoms with Gasteiger partial charge in [-0.05, 0) is 40.2 Å². The standard InChI is InChI=1S/C16H12BrNO3/c1-20-13-8-4-5-10-9-14(21-15(10)13)16(19)18-12-7-3-2-6-11(12)17/h2-9H,1H3,(H,18,19). The van der Waals surface area contributed by atoms with Crippen LogP contribution in [0.1, 0.15) is 10.6 Å². The maximum atomic E-state index is 12.3. The van der Waals surface area contributed by atoms with Crippen molar-refractivity contribution in [3.63, 3.8) is 0 Å². The average Bonchev–Trinajstić information content (AvgIpc) is 2.93. The summed E-state index contributed by atoms with van der Waals surface area (Å²) in [6, 6.07) is 14.6. The van der Waals surface area contributed by atoms with Gasteiger partial charge in [-0.25, -0.2) is 0 Å². The predicted molar refractivity (Wildman–Crippen MR) is 84.9 cm³/mol. The Kier molecular flexibility index (Phi) is 3.66. The maximum absolute atomic E-state index is 12.3. The molecule has 2 aromatic carbocycles. The lowest BCUT2D eigenvalue weighted by molar-refractivity contribution is 0.0998. The number of rotatable bonds is 3. The Labute approximate surface area is 129 Å². The highest BCUT2D eigenvalue weighted by atomic mass is 79.9. The Hall–Kier alpha value is -2.27. The molecule has 106 valence electrons. The zero-order valence-corrected chi connectivity index (χ0v) is 12.8. The first-order chi connectivity index (χ1) is 10.2. The summed E-state index contributed by atoms with van der Waals surface area (Å²) in [6.07, 6.45) is 0. The smallest absolute Gasteiger partial charge is 0.291 e. The van der Waals surface area contributed by atoms with Gasteiger partial charge in [-0.2, -0.15) is 0 Å². The minimum atomic E-state index is -0.305. The quantitative estimate of drug-likeness (QED) is 0.762. The van der Waals surface area contributed by atoms with Crippen LogP contribution in [0.2, 0.25) is 0 Å². The van der Waals surface area contributed by atoms with Crippen LogP contribution in [0.4, 0.5) is 5.69 Å². The third-order valence-corrected chi connectivity index (χ3v) is 3.77. The van der Waals surface area contributed by atoms with Crippen molar-refractivity contribution in [3.8, 4) is 5.75 Å². The lowest BCUT2D eigenvalue weighted by Gasteiger charge is -2.04. The Bertz CT molecular complexity index is 810. The van der Waals surface area contributed by atoms with Gasteiger partial charge in [0.15, 0.2) is 17.1 Å². The highest BCUT2D eigenvalue weighted by Gasteiger charge is 2.15. The summed E-state index contributed by atoms with van der Waals surface area (Å²) in [4.78, 5) is 12.3. The molecule has 4 nitrogen and oxygen atoms in total. The Balaban J connectivity index is 1.93. The van der Waals surface area contributed by atoms with Gasteiger partial charge in [0.25, 0.3) is 5.91 Å². The number of halogens is 1. The largest absolute Gasteiger partial charge is 0.493 e. The molecule has 0 saturated heterocycles. The van der Waals surface area contributed by atoms with Crippen LogP contribution in [0, 0.1) is 0 Å². The summed E-state index contributed by atoms with van der Waals surface area (Å²) >= 11 is 3.39. The first-order valence-electron chi connectivity index (χ1n) is 6.31. The molecule has 0 spiro atoms. The van der Waals surface area contributed by atoms with Crippen molar-refractivity contribution >= 4 is 38.5 Å². The lowest BCUT2D eigenvalue weighted by atomic mass is 10.2. The van der Waals surface area contributed by atoms with Crippen LogP contribution in [-0.4, -0.2) is 13.0 Å². The van der Waals surface area contributed by atoms with E-state index in [4.69, 9.17) is 9.15 Å². The molecule has 0 saturated carbocycles. The number of methoxy groups -OCH3 is 1. The van der Waals surface area contributed by atoms with Gasteiger partial charge < -0.3 is 14.5 Å². The summed E-state index contributed by atoms with van der Waals surface area (Å²) in [5.74, 6) is 0.540. The number of ether oxygens (including phenoxy) is 1. The van der Waals surface area contributed by atoms with Crippen LogP contribution in [0.15, 0.2) is 57.4 Å². The lowest BCUT2D eigenvalue weighted by Crippen LogP contribution is -2.11. The van der Waals surface area contributed by atoms with E-state index >= 15 is 0 Å². The molecule has 0 radical (unpaired) electrons. The molecular formula is C16H12BrNO3. The van der Waals surface area contributed by atoms with Crippen molar-refractivity contribution in [2.24, 2.45) is 0 Å². The molecule has 0 aliphatic carbocycles. The predicted octanol–water partition coefficient (Wildman–Crippen LogP) is 4.46. The third kappa shape index (κ3) is 2.64. The van der Waals surface area contributed by atoms with Gasteiger partial charge in [-0.1, -0.05) is 24.3 Å². The summed E-state index contributed by atoms with van der Waals surface area (Å²) < 4.78 is 11.6. The Morgan fingerprint density at radius 1 is 1.19 bits per heavy atom. The molecule has 1 aromatic heterocycles. The molecule has 0 fully saturated rings. The van der Waals surface area contributed by atoms with Crippen LogP contribution in [0.25, 0.3) is 11.0 Å². The van der Waals surface area contributed by atoms with Gasteiger partial charge in [0.1, 0.15) is 0 Å². The van der Waals surface area contributed by atoms with Crippen molar-refractivity contribution < 1.29 is 13.9 Å². The fraction of sp³-hybridized carbons (Fsp3) is 0.0625. The van der Waals surface area contributed by atoms with E-state index in [1.165, 1.54) is 0 Å². The molecule has 1 heterocycles. The van der Waals surface area contributed by atoms with Crippen LogP contribution in [0.3, 0.4) is 0 Å². The highest BCUT2D eigenvalue weighted by molar-refractivity contribution is 9.10. The number of hydrogen-bond acceptors (Lipinski definition) is 3. The number of furan rings is 1. The van der Waals surface area contributed by atoms with Crippen LogP contribution >= 0.6 is 15.9 Å². The van der Waals surface area contributed by atoms with Gasteiger partial charge in [-0.15, -0.1) is 0 Å². The zero-order valence-electron chi connectivity index (χ0n) is 11.2. The van der Waals surface area contributed by atoms with Crippen LogP contribution in [0.5, 0.6) is 5.75 Å². The molecule has 3 aromatic rings. The fourth-order valence-corrected chi connectivity index (χ4v) is 2.44. The number of hydrogen-bond donors (Lipinski definition) is 1. The molecule has 0 aliphatic rings. The van der Waals surface area contributed by atoms with E-state index in [1.54, 1.807) is 19.2 Å². The molecule has 21 heavy (non-hydrogen) atoms. The number of carbonyl (C=O) groups excluding carboxylic acids is 1. The average molecular weight is 346 g/mol. The van der Waals surface area contributed by atoms with Crippen LogP contribution < -0.4 is 10.1 Å². The number of amides is 1. The minimum absolute atomic E-state index is 0.241. The van der Waals surface area contributed by atoms with Gasteiger partial charge in [0, 0.05) is 9.86 Å². The molecule has 0 unspecified atom stereocenters. The Morgan fingerprint density at radius 3 is 2.76 bits per heavy atom. The van der Waals surface area contributed by atoms with E-state index < -0.39 is 0 Å². The zero-order chi connectivity index (χ0) is 14.8. The summed E-state index contributed by atoms with van der Waals surface area (Å²) in [5.41, 5.74) is 1.26. The number of carbonyl (C=O) groups is 1. The Morgan fingerprint density at radius 2 is 2.00 bits per heavy atom. The second kappa shape index (κ2) is 5.61. The molecule has 1 N–H and O–H groups in total. The highest BCUT2D eigenvalue weighted by Crippen LogP contribution is 2.29. The van der Waals surface area contributed by atoms with Gasteiger partial charge in [-0.3, -0.25) is 4.79 Å². The SMILES string of the molecule is COc1cccc2cc(C(=O)Nc3ccccc3Br)oc12. The van der Waals surface area contributed by atoms with E-state index in [-0.39, 0.29) is 11.7 Å². The monoisotopic (exact) mass is 345 g/mol. The maximum Gasteiger partial charge on any atom is 0.291 e. The van der Waals surface area contributed by atoms with E-state index in [1.807, 2.05) is 36.4 Å². The summed E-state index contributed by atoms with van der Waals surface area (Å²) in [6.45, 7) is 0. The molecule has 0 bridgehead atoms. The van der Waals surface area contributed by atoms with Gasteiger partial charge >= 0.3 is 0 Å². The van der Waals surface area contributed by atoms with E-state index in [9.17, 15) is 4.79 Å². The number of fused-ring (bicyclic) bond motifs is 1. The van der Waals surface area contributed by atoms with Crippen molar-refractivity contribution in [1.29, 1.82) is 0 Å². The fourth-order valence-electron chi connectivity index (χ4n) is 2.06. The number of para-hydroxylation sites is 2. The molecule has 0 atom stereocenters. The molecular weight excluding hydrogens is 334 g/mol. The second-order valence-electron chi connectivity index (χ2n) is 4.42. The van der Waals surface area contributed by atoms with Crippen molar-refractivity contribution in [3.05, 3.63) is 58.8 Å². The van der Waals surface area contributed by atoms with E-state index in [0.717, 1.165) is 9.86 Å². The van der Waals surface area contributed by atoms with Gasteiger partial charge in [0.05, 0.1) is 12.8 Å². The number of benzene rings is 2. The van der Waals surface area contributed by atoms with Crippen LogP contribution in [-0.2, 0) is 0 Å².